The van der Waals surface area contributed by atoms with E-state index in [0.29, 0.717) is 23.2 Å². The molecule has 0 saturated heterocycles. The van der Waals surface area contributed by atoms with E-state index in [-0.39, 0.29) is 0 Å². The Labute approximate surface area is 127 Å². The largest absolute Gasteiger partial charge is 0.437 e. The van der Waals surface area contributed by atoms with Gasteiger partial charge in [0.1, 0.15) is 5.75 Å². The zero-order chi connectivity index (χ0) is 13.1. The van der Waals surface area contributed by atoms with E-state index < -0.39 is 0 Å². The van der Waals surface area contributed by atoms with Crippen molar-refractivity contribution in [2.75, 3.05) is 0 Å². The number of pyridine rings is 1. The van der Waals surface area contributed by atoms with Crippen molar-refractivity contribution in [3.63, 3.8) is 0 Å². The molecule has 94 valence electrons. The van der Waals surface area contributed by atoms with E-state index in [1.807, 2.05) is 12.1 Å². The van der Waals surface area contributed by atoms with E-state index in [1.165, 1.54) is 0 Å². The fourth-order valence-corrected chi connectivity index (χ4v) is 2.46. The van der Waals surface area contributed by atoms with Gasteiger partial charge in [-0.1, -0.05) is 27.5 Å². The molecular formula is C12H9Br2ClN2O. The van der Waals surface area contributed by atoms with Crippen LogP contribution in [0.4, 0.5) is 0 Å². The molecule has 18 heavy (non-hydrogen) atoms. The van der Waals surface area contributed by atoms with Crippen molar-refractivity contribution in [3.05, 3.63) is 50.0 Å². The maximum Gasteiger partial charge on any atom is 0.223 e. The van der Waals surface area contributed by atoms with Crippen LogP contribution in [-0.4, -0.2) is 4.98 Å². The Bertz CT molecular complexity index is 578. The number of nitrogens with two attached hydrogens (primary N) is 1. The second kappa shape index (κ2) is 6.02. The van der Waals surface area contributed by atoms with Crippen molar-refractivity contribution in [1.82, 2.24) is 4.98 Å². The van der Waals surface area contributed by atoms with E-state index in [1.54, 1.807) is 18.3 Å². The number of rotatable bonds is 3. The lowest BCUT2D eigenvalue weighted by Crippen LogP contribution is -2.01. The molecule has 0 atom stereocenters. The third-order valence-corrected chi connectivity index (χ3v) is 3.43. The summed E-state index contributed by atoms with van der Waals surface area (Å²) in [7, 11) is 0. The molecule has 0 radical (unpaired) electrons. The van der Waals surface area contributed by atoms with E-state index in [4.69, 9.17) is 22.1 Å². The van der Waals surface area contributed by atoms with E-state index in [0.717, 1.165) is 14.5 Å². The average Bonchev–Trinajstić information content (AvgIpc) is 2.34. The minimum absolute atomic E-state index is 0.343. The first kappa shape index (κ1) is 13.8. The van der Waals surface area contributed by atoms with Crippen LogP contribution in [0.3, 0.4) is 0 Å². The molecule has 1 heterocycles. The lowest BCUT2D eigenvalue weighted by Gasteiger charge is -2.10. The van der Waals surface area contributed by atoms with Gasteiger partial charge in [-0.05, 0) is 40.2 Å². The fraction of sp³-hybridized carbons (Fsp3) is 0.0833. The van der Waals surface area contributed by atoms with E-state index in [9.17, 15) is 0 Å². The minimum atomic E-state index is 0.343. The monoisotopic (exact) mass is 390 g/mol. The number of ether oxygens (including phenoxy) is 1. The summed E-state index contributed by atoms with van der Waals surface area (Å²) in [6.07, 6.45) is 1.65. The molecule has 0 unspecified atom stereocenters. The lowest BCUT2D eigenvalue weighted by molar-refractivity contribution is 0.456. The van der Waals surface area contributed by atoms with Crippen LogP contribution < -0.4 is 10.5 Å². The van der Waals surface area contributed by atoms with Crippen LogP contribution in [0, 0.1) is 0 Å². The van der Waals surface area contributed by atoms with Gasteiger partial charge in [-0.3, -0.25) is 0 Å². The Balaban J connectivity index is 2.33. The molecule has 0 saturated carbocycles. The van der Waals surface area contributed by atoms with Gasteiger partial charge in [-0.25, -0.2) is 4.98 Å². The Morgan fingerprint density at radius 1 is 1.22 bits per heavy atom. The van der Waals surface area contributed by atoms with Crippen LogP contribution >= 0.6 is 43.5 Å². The second-order valence-electron chi connectivity index (χ2n) is 3.50. The summed E-state index contributed by atoms with van der Waals surface area (Å²) in [6, 6.07) is 7.26. The van der Waals surface area contributed by atoms with Gasteiger partial charge in [0.05, 0.1) is 5.02 Å². The van der Waals surface area contributed by atoms with Crippen molar-refractivity contribution in [3.8, 4) is 11.6 Å². The summed E-state index contributed by atoms with van der Waals surface area (Å²) in [6.45, 7) is 0.343. The summed E-state index contributed by atoms with van der Waals surface area (Å²) in [4.78, 5) is 4.19. The lowest BCUT2D eigenvalue weighted by atomic mass is 10.3. The number of halogens is 3. The Morgan fingerprint density at radius 2 is 2.00 bits per heavy atom. The first-order valence-corrected chi connectivity index (χ1v) is 7.04. The number of nitrogens with zero attached hydrogens (tertiary/aromatic N) is 1. The molecule has 3 nitrogen and oxygen atoms in total. The maximum absolute atomic E-state index is 6.08. The molecule has 2 aromatic rings. The van der Waals surface area contributed by atoms with Crippen molar-refractivity contribution in [2.24, 2.45) is 5.73 Å². The molecule has 0 aliphatic carbocycles. The summed E-state index contributed by atoms with van der Waals surface area (Å²) in [5, 5.41) is 0.511. The standard InChI is InChI=1S/C12H9Br2ClN2O/c13-8-1-2-11(10(15)4-8)18-12-7(5-16)3-9(14)6-17-12/h1-4,6H,5,16H2. The highest BCUT2D eigenvalue weighted by atomic mass is 79.9. The Hall–Kier alpha value is -0.620. The van der Waals surface area contributed by atoms with Gasteiger partial charge < -0.3 is 10.5 Å². The number of aromatic nitrogens is 1. The van der Waals surface area contributed by atoms with Crippen LogP contribution in [0.5, 0.6) is 11.6 Å². The second-order valence-corrected chi connectivity index (χ2v) is 5.74. The molecule has 0 fully saturated rings. The van der Waals surface area contributed by atoms with Crippen LogP contribution in [0.1, 0.15) is 5.56 Å². The van der Waals surface area contributed by atoms with Crippen molar-refractivity contribution >= 4 is 43.5 Å². The van der Waals surface area contributed by atoms with Crippen molar-refractivity contribution in [1.29, 1.82) is 0 Å². The van der Waals surface area contributed by atoms with Gasteiger partial charge in [0.15, 0.2) is 0 Å². The van der Waals surface area contributed by atoms with Gasteiger partial charge in [0.25, 0.3) is 0 Å². The zero-order valence-corrected chi connectivity index (χ0v) is 13.1. The third kappa shape index (κ3) is 3.23. The molecule has 1 aromatic heterocycles. The van der Waals surface area contributed by atoms with Gasteiger partial charge in [0.2, 0.25) is 5.88 Å². The van der Waals surface area contributed by atoms with Crippen molar-refractivity contribution < 1.29 is 4.74 Å². The van der Waals surface area contributed by atoms with Crippen molar-refractivity contribution in [2.45, 2.75) is 6.54 Å². The van der Waals surface area contributed by atoms with Gasteiger partial charge >= 0.3 is 0 Å². The minimum Gasteiger partial charge on any atom is -0.437 e. The average molecular weight is 392 g/mol. The molecule has 0 aliphatic heterocycles. The highest BCUT2D eigenvalue weighted by Gasteiger charge is 2.09. The van der Waals surface area contributed by atoms with E-state index in [2.05, 4.69) is 36.8 Å². The summed E-state index contributed by atoms with van der Waals surface area (Å²) < 4.78 is 7.43. The maximum atomic E-state index is 6.08. The van der Waals surface area contributed by atoms with E-state index >= 15 is 0 Å². The molecule has 6 heteroatoms. The zero-order valence-electron chi connectivity index (χ0n) is 9.16. The van der Waals surface area contributed by atoms with Crippen LogP contribution in [0.25, 0.3) is 0 Å². The normalized spacial score (nSPS) is 10.4. The molecule has 0 aliphatic rings. The first-order chi connectivity index (χ1) is 8.60. The summed E-state index contributed by atoms with van der Waals surface area (Å²) in [5.74, 6) is 1.01. The molecule has 0 amide bonds. The van der Waals surface area contributed by atoms with Gasteiger partial charge in [-0.15, -0.1) is 0 Å². The SMILES string of the molecule is NCc1cc(Br)cnc1Oc1ccc(Br)cc1Cl. The predicted octanol–water partition coefficient (Wildman–Crippen LogP) is 4.51. The molecular weight excluding hydrogens is 383 g/mol. The highest BCUT2D eigenvalue weighted by molar-refractivity contribution is 9.10. The fourth-order valence-electron chi connectivity index (χ4n) is 1.37. The van der Waals surface area contributed by atoms with Crippen LogP contribution in [-0.2, 0) is 6.54 Å². The summed E-state index contributed by atoms with van der Waals surface area (Å²) >= 11 is 12.8. The van der Waals surface area contributed by atoms with Crippen LogP contribution in [0.15, 0.2) is 39.4 Å². The molecule has 0 spiro atoms. The Kier molecular flexibility index (Phi) is 4.61. The quantitative estimate of drug-likeness (QED) is 0.836. The molecule has 2 rings (SSSR count). The van der Waals surface area contributed by atoms with Gasteiger partial charge in [0, 0.05) is 27.3 Å². The predicted molar refractivity (Wildman–Crippen MR) is 79.1 cm³/mol. The molecule has 1 aromatic carbocycles. The third-order valence-electron chi connectivity index (χ3n) is 2.21. The number of hydrogen-bond acceptors (Lipinski definition) is 3. The number of benzene rings is 1. The smallest absolute Gasteiger partial charge is 0.223 e. The van der Waals surface area contributed by atoms with Crippen LogP contribution in [0.2, 0.25) is 5.02 Å². The summed E-state index contributed by atoms with van der Waals surface area (Å²) in [5.41, 5.74) is 6.46. The highest BCUT2D eigenvalue weighted by Crippen LogP contribution is 2.32. The first-order valence-electron chi connectivity index (χ1n) is 5.07. The topological polar surface area (TPSA) is 48.1 Å². The van der Waals surface area contributed by atoms with Gasteiger partial charge in [-0.2, -0.15) is 0 Å². The molecule has 0 bridgehead atoms. The number of hydrogen-bond donors (Lipinski definition) is 1. The molecule has 2 N–H and O–H groups in total. The Morgan fingerprint density at radius 3 is 2.67 bits per heavy atom.